The molecular weight excluding hydrogens is 321 g/mol. The Labute approximate surface area is 101 Å². The SMILES string of the molecule is FC12C=CC3(c4ccccc4)[Se]C3C1[Se]2. The van der Waals surface area contributed by atoms with E-state index in [9.17, 15) is 4.39 Å². The first-order chi connectivity index (χ1) is 7.25. The molecule has 0 amide bonds. The first kappa shape index (κ1) is 9.01. The van der Waals surface area contributed by atoms with Gasteiger partial charge >= 0.3 is 101 Å². The molecule has 0 saturated carbocycles. The molecule has 0 bridgehead atoms. The molecule has 3 aliphatic rings. The van der Waals surface area contributed by atoms with E-state index in [1.165, 1.54) is 5.56 Å². The van der Waals surface area contributed by atoms with E-state index < -0.39 is 4.57 Å². The molecule has 0 spiro atoms. The number of rotatable bonds is 1. The van der Waals surface area contributed by atoms with Crippen molar-refractivity contribution in [2.45, 2.75) is 18.5 Å². The minimum absolute atomic E-state index is 0.239. The van der Waals surface area contributed by atoms with Gasteiger partial charge in [-0.05, 0) is 0 Å². The van der Waals surface area contributed by atoms with Crippen molar-refractivity contribution in [1.82, 2.24) is 0 Å². The summed E-state index contributed by atoms with van der Waals surface area (Å²) >= 11 is 0.838. The predicted molar refractivity (Wildman–Crippen MR) is 60.1 cm³/mol. The van der Waals surface area contributed by atoms with Crippen LogP contribution >= 0.6 is 0 Å². The van der Waals surface area contributed by atoms with Crippen molar-refractivity contribution in [2.75, 3.05) is 0 Å². The van der Waals surface area contributed by atoms with Crippen LogP contribution < -0.4 is 0 Å². The zero-order chi connectivity index (χ0) is 10.1. The number of fused-ring (bicyclic) bond motifs is 3. The van der Waals surface area contributed by atoms with Crippen LogP contribution in [0.1, 0.15) is 5.56 Å². The van der Waals surface area contributed by atoms with Crippen molar-refractivity contribution in [3.05, 3.63) is 48.0 Å². The number of benzene rings is 1. The van der Waals surface area contributed by atoms with Gasteiger partial charge in [-0.3, -0.25) is 0 Å². The van der Waals surface area contributed by atoms with Crippen LogP contribution in [-0.4, -0.2) is 34.5 Å². The molecule has 1 aliphatic carbocycles. The third-order valence-electron chi connectivity index (χ3n) is 3.38. The van der Waals surface area contributed by atoms with Gasteiger partial charge in [0.1, 0.15) is 0 Å². The van der Waals surface area contributed by atoms with Crippen LogP contribution in [0.25, 0.3) is 0 Å². The summed E-state index contributed by atoms with van der Waals surface area (Å²) in [5, 5.41) is 0. The maximum absolute atomic E-state index is 13.9. The predicted octanol–water partition coefficient (Wildman–Crippen LogP) is 2.13. The summed E-state index contributed by atoms with van der Waals surface area (Å²) in [4.78, 5) is 1.08. The second-order valence-electron chi connectivity index (χ2n) is 4.27. The fraction of sp³-hybridized carbons (Fsp3) is 0.333. The fourth-order valence-electron chi connectivity index (χ4n) is 2.42. The first-order valence-electron chi connectivity index (χ1n) is 5.05. The Hall–Kier alpha value is -0.0710. The Morgan fingerprint density at radius 2 is 1.80 bits per heavy atom. The second kappa shape index (κ2) is 2.60. The second-order valence-corrected chi connectivity index (χ2v) is 10.1. The number of halogens is 1. The third kappa shape index (κ3) is 1.08. The monoisotopic (exact) mass is 332 g/mol. The Balaban J connectivity index is 1.79. The molecule has 0 nitrogen and oxygen atoms in total. The molecule has 4 rings (SSSR count). The summed E-state index contributed by atoms with van der Waals surface area (Å²) in [7, 11) is 0. The van der Waals surface area contributed by atoms with Gasteiger partial charge in [0.05, 0.1) is 0 Å². The van der Waals surface area contributed by atoms with Gasteiger partial charge in [0, 0.05) is 0 Å². The van der Waals surface area contributed by atoms with Gasteiger partial charge in [0.2, 0.25) is 0 Å². The molecule has 15 heavy (non-hydrogen) atoms. The maximum atomic E-state index is 13.9. The van der Waals surface area contributed by atoms with Gasteiger partial charge in [-0.15, -0.1) is 0 Å². The van der Waals surface area contributed by atoms with E-state index in [2.05, 4.69) is 36.4 Å². The van der Waals surface area contributed by atoms with Crippen molar-refractivity contribution < 1.29 is 4.39 Å². The molecular formula is C12H9FSe2. The summed E-state index contributed by atoms with van der Waals surface area (Å²) in [5.41, 5.74) is 1.41. The standard InChI is InChI=1S/C12H9FSe2/c13-12-7-6-11(8-4-2-1-3-5-8)9(14-11)10(12)15-12/h1-7,9-10H. The van der Waals surface area contributed by atoms with E-state index in [-0.39, 0.29) is 19.3 Å². The van der Waals surface area contributed by atoms with Crippen molar-refractivity contribution in [1.29, 1.82) is 0 Å². The zero-order valence-electron chi connectivity index (χ0n) is 7.89. The van der Waals surface area contributed by atoms with Crippen LogP contribution in [0.15, 0.2) is 42.5 Å². The third-order valence-corrected chi connectivity index (χ3v) is 10.6. The quantitative estimate of drug-likeness (QED) is 0.547. The average molecular weight is 330 g/mol. The van der Waals surface area contributed by atoms with Crippen LogP contribution in [0.4, 0.5) is 4.39 Å². The molecule has 4 unspecified atom stereocenters. The molecule has 2 heterocycles. The molecule has 2 fully saturated rings. The first-order valence-corrected chi connectivity index (χ1v) is 8.74. The number of hydrogen-bond donors (Lipinski definition) is 0. The number of hydrogen-bond acceptors (Lipinski definition) is 0. The van der Waals surface area contributed by atoms with Crippen molar-refractivity contribution in [2.24, 2.45) is 0 Å². The van der Waals surface area contributed by atoms with Gasteiger partial charge in [-0.25, -0.2) is 0 Å². The van der Waals surface area contributed by atoms with Crippen LogP contribution in [0.3, 0.4) is 0 Å². The number of alkyl halides is 1. The van der Waals surface area contributed by atoms with Gasteiger partial charge in [-0.2, -0.15) is 0 Å². The molecule has 0 radical (unpaired) electrons. The van der Waals surface area contributed by atoms with E-state index in [1.807, 2.05) is 6.08 Å². The molecule has 3 heteroatoms. The van der Waals surface area contributed by atoms with Gasteiger partial charge in [0.25, 0.3) is 0 Å². The van der Waals surface area contributed by atoms with Gasteiger partial charge in [-0.1, -0.05) is 0 Å². The van der Waals surface area contributed by atoms with Gasteiger partial charge < -0.3 is 0 Å². The van der Waals surface area contributed by atoms with Crippen molar-refractivity contribution in [3.8, 4) is 0 Å². The Bertz CT molecular complexity index is 458. The van der Waals surface area contributed by atoms with Crippen LogP contribution in [0.5, 0.6) is 0 Å². The molecule has 0 N–H and O–H groups in total. The summed E-state index contributed by atoms with van der Waals surface area (Å²) in [5.74, 6) is 0. The van der Waals surface area contributed by atoms with Gasteiger partial charge in [0.15, 0.2) is 0 Å². The molecule has 0 aromatic heterocycles. The molecule has 1 aromatic carbocycles. The molecule has 2 saturated heterocycles. The van der Waals surface area contributed by atoms with E-state index in [0.717, 1.165) is 0 Å². The fourth-order valence-corrected chi connectivity index (χ4v) is 9.68. The summed E-state index contributed by atoms with van der Waals surface area (Å²) in [6.07, 6.45) is 4.05. The minimum atomic E-state index is -0.839. The summed E-state index contributed by atoms with van der Waals surface area (Å²) < 4.78 is 13.3. The molecule has 2 aliphatic heterocycles. The molecule has 1 aromatic rings. The van der Waals surface area contributed by atoms with E-state index in [4.69, 9.17) is 0 Å². The zero-order valence-corrected chi connectivity index (χ0v) is 11.3. The Morgan fingerprint density at radius 3 is 2.60 bits per heavy atom. The summed E-state index contributed by atoms with van der Waals surface area (Å²) in [6.45, 7) is 0. The average Bonchev–Trinajstić information content (AvgIpc) is 3.11. The van der Waals surface area contributed by atoms with Crippen LogP contribution in [-0.2, 0) is 4.31 Å². The normalized spacial score (nSPS) is 49.4. The molecule has 76 valence electrons. The number of allylic oxidation sites excluding steroid dienone is 2. The molecule has 4 atom stereocenters. The summed E-state index contributed by atoms with van der Waals surface area (Å²) in [6, 6.07) is 10.6. The van der Waals surface area contributed by atoms with E-state index in [1.54, 1.807) is 0 Å². The van der Waals surface area contributed by atoms with E-state index >= 15 is 0 Å². The Morgan fingerprint density at radius 1 is 1.00 bits per heavy atom. The van der Waals surface area contributed by atoms with E-state index in [0.29, 0.717) is 24.6 Å². The van der Waals surface area contributed by atoms with Crippen LogP contribution in [0, 0.1) is 0 Å². The van der Waals surface area contributed by atoms with Crippen molar-refractivity contribution in [3.63, 3.8) is 0 Å². The van der Waals surface area contributed by atoms with Crippen LogP contribution in [0.2, 0.25) is 9.63 Å². The topological polar surface area (TPSA) is 0 Å². The van der Waals surface area contributed by atoms with Crippen molar-refractivity contribution >= 4 is 29.9 Å². The Kier molecular flexibility index (Phi) is 1.56.